The predicted octanol–water partition coefficient (Wildman–Crippen LogP) is 5.53. The van der Waals surface area contributed by atoms with E-state index in [1.54, 1.807) is 11.8 Å². The zero-order valence-electron chi connectivity index (χ0n) is 11.5. The van der Waals surface area contributed by atoms with Crippen molar-refractivity contribution in [1.82, 2.24) is 0 Å². The number of benzene rings is 2. The van der Waals surface area contributed by atoms with E-state index in [0.717, 1.165) is 0 Å². The van der Waals surface area contributed by atoms with Gasteiger partial charge in [-0.2, -0.15) is 0 Å². The highest BCUT2D eigenvalue weighted by molar-refractivity contribution is 9.10. The zero-order chi connectivity index (χ0) is 13.9. The van der Waals surface area contributed by atoms with Crippen LogP contribution >= 0.6 is 27.7 Å². The van der Waals surface area contributed by atoms with Gasteiger partial charge in [-0.05, 0) is 67.0 Å². The first-order valence-electron chi connectivity index (χ1n) is 6.90. The number of hydrogen-bond donors (Lipinski definition) is 1. The number of anilines is 1. The minimum Gasteiger partial charge on any atom is -0.382 e. The summed E-state index contributed by atoms with van der Waals surface area (Å²) in [4.78, 5) is 1.32. The van der Waals surface area contributed by atoms with Gasteiger partial charge in [0.1, 0.15) is 0 Å². The van der Waals surface area contributed by atoms with Crippen LogP contribution in [-0.2, 0) is 0 Å². The van der Waals surface area contributed by atoms with E-state index in [-0.39, 0.29) is 0 Å². The summed E-state index contributed by atoms with van der Waals surface area (Å²) < 4.78 is 1.18. The van der Waals surface area contributed by atoms with Crippen LogP contribution in [0.4, 0.5) is 5.69 Å². The van der Waals surface area contributed by atoms with E-state index in [9.17, 15) is 0 Å². The third-order valence-corrected chi connectivity index (χ3v) is 5.16. The monoisotopic (exact) mass is 347 g/mol. The second-order valence-electron chi connectivity index (χ2n) is 5.29. The number of rotatable bonds is 4. The van der Waals surface area contributed by atoms with Crippen LogP contribution in [0.25, 0.3) is 0 Å². The number of thioether (sulfide) groups is 1. The highest BCUT2D eigenvalue weighted by atomic mass is 79.9. The molecule has 3 rings (SSSR count). The number of hydrogen-bond acceptors (Lipinski definition) is 2. The molecule has 1 aliphatic carbocycles. The molecule has 0 spiro atoms. The molecular weight excluding hydrogens is 330 g/mol. The Labute approximate surface area is 133 Å². The van der Waals surface area contributed by atoms with Crippen LogP contribution in [0.1, 0.15) is 24.3 Å². The van der Waals surface area contributed by atoms with Gasteiger partial charge in [0.25, 0.3) is 0 Å². The van der Waals surface area contributed by atoms with Gasteiger partial charge in [0.2, 0.25) is 0 Å². The Morgan fingerprint density at radius 1 is 1.10 bits per heavy atom. The summed E-state index contributed by atoms with van der Waals surface area (Å²) in [5.41, 5.74) is 2.69. The molecule has 104 valence electrons. The average molecular weight is 348 g/mol. The summed E-state index contributed by atoms with van der Waals surface area (Å²) in [6.07, 6.45) is 4.55. The molecule has 0 saturated heterocycles. The van der Waals surface area contributed by atoms with Crippen molar-refractivity contribution in [3.63, 3.8) is 0 Å². The van der Waals surface area contributed by atoms with Crippen LogP contribution in [0.2, 0.25) is 0 Å². The SMILES string of the molecule is CSc1ccc(NC2CC(c3cccc(Br)c3)C2)cc1. The van der Waals surface area contributed by atoms with Crippen LogP contribution in [0.15, 0.2) is 57.9 Å². The van der Waals surface area contributed by atoms with Crippen LogP contribution in [0, 0.1) is 0 Å². The highest BCUT2D eigenvalue weighted by Crippen LogP contribution is 2.39. The van der Waals surface area contributed by atoms with Crippen LogP contribution in [0.5, 0.6) is 0 Å². The van der Waals surface area contributed by atoms with Crippen molar-refractivity contribution >= 4 is 33.4 Å². The molecule has 20 heavy (non-hydrogen) atoms. The lowest BCUT2D eigenvalue weighted by molar-refractivity contribution is 0.374. The number of halogens is 1. The molecule has 2 aromatic rings. The summed E-state index contributed by atoms with van der Waals surface area (Å²) in [5, 5.41) is 3.62. The topological polar surface area (TPSA) is 12.0 Å². The van der Waals surface area contributed by atoms with Gasteiger partial charge in [-0.25, -0.2) is 0 Å². The van der Waals surface area contributed by atoms with Crippen molar-refractivity contribution in [2.75, 3.05) is 11.6 Å². The van der Waals surface area contributed by atoms with Crippen molar-refractivity contribution in [3.05, 3.63) is 58.6 Å². The van der Waals surface area contributed by atoms with E-state index in [2.05, 4.69) is 76.0 Å². The molecule has 2 aromatic carbocycles. The molecule has 0 atom stereocenters. The maximum absolute atomic E-state index is 3.62. The van der Waals surface area contributed by atoms with E-state index in [1.165, 1.54) is 33.5 Å². The smallest absolute Gasteiger partial charge is 0.0343 e. The third-order valence-electron chi connectivity index (χ3n) is 3.92. The van der Waals surface area contributed by atoms with E-state index >= 15 is 0 Å². The Morgan fingerprint density at radius 2 is 1.85 bits per heavy atom. The summed E-state index contributed by atoms with van der Waals surface area (Å²) >= 11 is 5.33. The quantitative estimate of drug-likeness (QED) is 0.729. The zero-order valence-corrected chi connectivity index (χ0v) is 13.9. The second kappa shape index (κ2) is 6.23. The van der Waals surface area contributed by atoms with Crippen molar-refractivity contribution in [1.29, 1.82) is 0 Å². The Kier molecular flexibility index (Phi) is 4.37. The first-order chi connectivity index (χ1) is 9.74. The van der Waals surface area contributed by atoms with Gasteiger partial charge in [-0.15, -0.1) is 11.8 Å². The Bertz CT molecular complexity index is 576. The fraction of sp³-hybridized carbons (Fsp3) is 0.294. The van der Waals surface area contributed by atoms with E-state index < -0.39 is 0 Å². The highest BCUT2D eigenvalue weighted by Gasteiger charge is 2.30. The number of nitrogens with one attached hydrogen (secondary N) is 1. The molecule has 3 heteroatoms. The summed E-state index contributed by atoms with van der Waals surface area (Å²) in [5.74, 6) is 0.704. The van der Waals surface area contributed by atoms with Crippen molar-refractivity contribution in [3.8, 4) is 0 Å². The molecule has 0 radical (unpaired) electrons. The Hall–Kier alpha value is -0.930. The third kappa shape index (κ3) is 3.21. The van der Waals surface area contributed by atoms with Crippen molar-refractivity contribution in [2.24, 2.45) is 0 Å². The van der Waals surface area contributed by atoms with Crippen LogP contribution in [0.3, 0.4) is 0 Å². The molecule has 0 heterocycles. The molecule has 0 aromatic heterocycles. The normalized spacial score (nSPS) is 21.3. The maximum Gasteiger partial charge on any atom is 0.0343 e. The van der Waals surface area contributed by atoms with Gasteiger partial charge in [-0.3, -0.25) is 0 Å². The van der Waals surface area contributed by atoms with Gasteiger partial charge >= 0.3 is 0 Å². The summed E-state index contributed by atoms with van der Waals surface area (Å²) in [6, 6.07) is 18.0. The average Bonchev–Trinajstić information content (AvgIpc) is 2.43. The lowest BCUT2D eigenvalue weighted by atomic mass is 9.76. The first-order valence-corrected chi connectivity index (χ1v) is 8.92. The standard InChI is InChI=1S/C17H18BrNS/c1-20-17-7-5-15(6-8-17)19-16-10-13(11-16)12-3-2-4-14(18)9-12/h2-9,13,16,19H,10-11H2,1H3. The lowest BCUT2D eigenvalue weighted by Crippen LogP contribution is -2.33. The minimum absolute atomic E-state index is 0.610. The lowest BCUT2D eigenvalue weighted by Gasteiger charge is -2.37. The minimum atomic E-state index is 0.610. The van der Waals surface area contributed by atoms with Gasteiger partial charge in [-0.1, -0.05) is 28.1 Å². The van der Waals surface area contributed by atoms with Crippen LogP contribution < -0.4 is 5.32 Å². The van der Waals surface area contributed by atoms with Crippen LogP contribution in [-0.4, -0.2) is 12.3 Å². The molecule has 1 nitrogen and oxygen atoms in total. The van der Waals surface area contributed by atoms with Gasteiger partial charge in [0.15, 0.2) is 0 Å². The van der Waals surface area contributed by atoms with E-state index in [1.807, 2.05) is 0 Å². The molecule has 1 N–H and O–H groups in total. The Balaban J connectivity index is 1.55. The molecule has 1 saturated carbocycles. The van der Waals surface area contributed by atoms with Gasteiger partial charge in [0.05, 0.1) is 0 Å². The molecule has 0 aliphatic heterocycles. The largest absolute Gasteiger partial charge is 0.382 e. The van der Waals surface area contributed by atoms with Crippen molar-refractivity contribution < 1.29 is 0 Å². The van der Waals surface area contributed by atoms with E-state index in [4.69, 9.17) is 0 Å². The maximum atomic E-state index is 3.62. The molecule has 1 aliphatic rings. The van der Waals surface area contributed by atoms with Gasteiger partial charge in [0, 0.05) is 21.1 Å². The second-order valence-corrected chi connectivity index (χ2v) is 7.09. The first kappa shape index (κ1) is 14.0. The molecule has 0 unspecified atom stereocenters. The molecule has 0 bridgehead atoms. The Morgan fingerprint density at radius 3 is 2.50 bits per heavy atom. The van der Waals surface area contributed by atoms with Crippen molar-refractivity contribution in [2.45, 2.75) is 29.7 Å². The fourth-order valence-corrected chi connectivity index (χ4v) is 3.52. The molecular formula is C17H18BrNS. The predicted molar refractivity (Wildman–Crippen MR) is 91.8 cm³/mol. The van der Waals surface area contributed by atoms with E-state index in [0.29, 0.717) is 12.0 Å². The summed E-state index contributed by atoms with van der Waals surface area (Å²) in [7, 11) is 0. The molecule has 1 fully saturated rings. The fourth-order valence-electron chi connectivity index (χ4n) is 2.69. The molecule has 0 amide bonds. The van der Waals surface area contributed by atoms with Gasteiger partial charge < -0.3 is 5.32 Å². The summed E-state index contributed by atoms with van der Waals surface area (Å²) in [6.45, 7) is 0.